The molecule has 0 aliphatic rings. The molecule has 92 valence electrons. The highest BCUT2D eigenvalue weighted by Crippen LogP contribution is 2.29. The van der Waals surface area contributed by atoms with Crippen molar-refractivity contribution in [1.82, 2.24) is 0 Å². The van der Waals surface area contributed by atoms with Gasteiger partial charge in [0.2, 0.25) is 0 Å². The van der Waals surface area contributed by atoms with E-state index in [1.54, 1.807) is 0 Å². The fraction of sp³-hybridized carbons (Fsp3) is 1.00. The summed E-state index contributed by atoms with van der Waals surface area (Å²) in [5.41, 5.74) is 0. The maximum Gasteiger partial charge on any atom is -0.0391 e. The summed E-state index contributed by atoms with van der Waals surface area (Å²) in [6, 6.07) is 0. The molecule has 0 fully saturated rings. The monoisotopic (exact) mass is 212 g/mol. The average Bonchev–Trinajstić information content (AvgIpc) is 2.23. The van der Waals surface area contributed by atoms with Crippen LogP contribution in [0.5, 0.6) is 0 Å². The number of hydrogen-bond acceptors (Lipinski definition) is 0. The largest absolute Gasteiger partial charge is 0.0654 e. The first-order valence-corrected chi connectivity index (χ1v) is 7.02. The molecule has 15 heavy (non-hydrogen) atoms. The number of rotatable bonds is 8. The van der Waals surface area contributed by atoms with E-state index in [2.05, 4.69) is 41.5 Å². The van der Waals surface area contributed by atoms with Crippen molar-refractivity contribution in [2.45, 2.75) is 73.6 Å². The molecule has 0 bridgehead atoms. The van der Waals surface area contributed by atoms with Gasteiger partial charge in [0.05, 0.1) is 0 Å². The van der Waals surface area contributed by atoms with Gasteiger partial charge in [0.25, 0.3) is 0 Å². The van der Waals surface area contributed by atoms with Crippen LogP contribution in [0.15, 0.2) is 0 Å². The van der Waals surface area contributed by atoms with Gasteiger partial charge in [-0.2, -0.15) is 0 Å². The van der Waals surface area contributed by atoms with Crippen LogP contribution in [-0.2, 0) is 0 Å². The minimum atomic E-state index is 0.887. The molecular formula is C15H32. The van der Waals surface area contributed by atoms with Crippen LogP contribution in [0.25, 0.3) is 0 Å². The molecule has 0 aliphatic carbocycles. The van der Waals surface area contributed by atoms with Gasteiger partial charge in [-0.3, -0.25) is 0 Å². The predicted molar refractivity (Wildman–Crippen MR) is 71.1 cm³/mol. The van der Waals surface area contributed by atoms with Crippen LogP contribution < -0.4 is 0 Å². The fourth-order valence-electron chi connectivity index (χ4n) is 2.45. The summed E-state index contributed by atoms with van der Waals surface area (Å²) >= 11 is 0. The highest BCUT2D eigenvalue weighted by molar-refractivity contribution is 4.69. The molecule has 0 aromatic heterocycles. The van der Waals surface area contributed by atoms with E-state index < -0.39 is 0 Å². The number of unbranched alkanes of at least 4 members (excludes halogenated alkanes) is 1. The molecule has 0 spiro atoms. The fourth-order valence-corrected chi connectivity index (χ4v) is 2.45. The van der Waals surface area contributed by atoms with E-state index in [4.69, 9.17) is 0 Å². The van der Waals surface area contributed by atoms with Crippen molar-refractivity contribution in [2.24, 2.45) is 23.7 Å². The minimum absolute atomic E-state index is 0.887. The van der Waals surface area contributed by atoms with Gasteiger partial charge in [0.15, 0.2) is 0 Å². The molecule has 0 N–H and O–H groups in total. The Bertz CT molecular complexity index is 139. The van der Waals surface area contributed by atoms with Gasteiger partial charge in [-0.15, -0.1) is 0 Å². The van der Waals surface area contributed by atoms with E-state index in [9.17, 15) is 0 Å². The lowest BCUT2D eigenvalue weighted by atomic mass is 9.79. The highest BCUT2D eigenvalue weighted by atomic mass is 14.2. The first-order valence-electron chi connectivity index (χ1n) is 7.02. The Balaban J connectivity index is 3.84. The predicted octanol–water partition coefficient (Wildman–Crippen LogP) is 5.52. The zero-order valence-electron chi connectivity index (χ0n) is 11.8. The van der Waals surface area contributed by atoms with Crippen molar-refractivity contribution in [3.8, 4) is 0 Å². The summed E-state index contributed by atoms with van der Waals surface area (Å²) < 4.78 is 0. The summed E-state index contributed by atoms with van der Waals surface area (Å²) in [6.45, 7) is 14.3. The third-order valence-electron chi connectivity index (χ3n) is 4.26. The molecule has 0 rings (SSSR count). The van der Waals surface area contributed by atoms with Crippen molar-refractivity contribution in [3.05, 3.63) is 0 Å². The minimum Gasteiger partial charge on any atom is -0.0654 e. The van der Waals surface area contributed by atoms with Crippen LogP contribution in [0.1, 0.15) is 73.6 Å². The zero-order valence-corrected chi connectivity index (χ0v) is 11.8. The molecule has 4 unspecified atom stereocenters. The van der Waals surface area contributed by atoms with Crippen molar-refractivity contribution < 1.29 is 0 Å². The smallest absolute Gasteiger partial charge is 0.0391 e. The van der Waals surface area contributed by atoms with E-state index in [1.165, 1.54) is 32.1 Å². The van der Waals surface area contributed by atoms with E-state index in [-0.39, 0.29) is 0 Å². The summed E-state index contributed by atoms with van der Waals surface area (Å²) in [5.74, 6) is 3.59. The SMILES string of the molecule is CCCCC(C)CC(C)C(C)C(C)CC. The Hall–Kier alpha value is 0. The van der Waals surface area contributed by atoms with Crippen molar-refractivity contribution >= 4 is 0 Å². The lowest BCUT2D eigenvalue weighted by Gasteiger charge is -2.27. The molecule has 0 aromatic rings. The van der Waals surface area contributed by atoms with Gasteiger partial charge in [0, 0.05) is 0 Å². The Morgan fingerprint density at radius 2 is 1.47 bits per heavy atom. The Kier molecular flexibility index (Phi) is 8.19. The number of hydrogen-bond donors (Lipinski definition) is 0. The molecule has 0 nitrogen and oxygen atoms in total. The van der Waals surface area contributed by atoms with Gasteiger partial charge in [-0.25, -0.2) is 0 Å². The molecule has 4 atom stereocenters. The van der Waals surface area contributed by atoms with E-state index in [0.717, 1.165) is 23.7 Å². The first-order chi connectivity index (χ1) is 7.02. The first kappa shape index (κ1) is 15.0. The molecule has 0 aliphatic heterocycles. The Morgan fingerprint density at radius 1 is 0.867 bits per heavy atom. The van der Waals surface area contributed by atoms with Crippen molar-refractivity contribution in [2.75, 3.05) is 0 Å². The van der Waals surface area contributed by atoms with Gasteiger partial charge in [0.1, 0.15) is 0 Å². The maximum atomic E-state index is 2.44. The topological polar surface area (TPSA) is 0 Å². The zero-order chi connectivity index (χ0) is 11.8. The maximum absolute atomic E-state index is 2.44. The van der Waals surface area contributed by atoms with E-state index in [0.29, 0.717) is 0 Å². The molecule has 0 saturated heterocycles. The van der Waals surface area contributed by atoms with Gasteiger partial charge >= 0.3 is 0 Å². The second-order valence-corrected chi connectivity index (χ2v) is 5.71. The molecule has 0 heteroatoms. The Morgan fingerprint density at radius 3 is 1.93 bits per heavy atom. The Labute approximate surface area is 97.8 Å². The standard InChI is InChI=1S/C15H32/c1-7-9-10-12(3)11-14(5)15(6)13(4)8-2/h12-15H,7-11H2,1-6H3. The summed E-state index contributed by atoms with van der Waals surface area (Å²) in [5, 5.41) is 0. The summed E-state index contributed by atoms with van der Waals surface area (Å²) in [7, 11) is 0. The highest BCUT2D eigenvalue weighted by Gasteiger charge is 2.19. The van der Waals surface area contributed by atoms with Gasteiger partial charge < -0.3 is 0 Å². The van der Waals surface area contributed by atoms with Crippen molar-refractivity contribution in [1.29, 1.82) is 0 Å². The normalized spacial score (nSPS) is 19.6. The van der Waals surface area contributed by atoms with Crippen LogP contribution in [-0.4, -0.2) is 0 Å². The molecule has 0 aromatic carbocycles. The van der Waals surface area contributed by atoms with Crippen LogP contribution >= 0.6 is 0 Å². The van der Waals surface area contributed by atoms with Crippen LogP contribution in [0.4, 0.5) is 0 Å². The van der Waals surface area contributed by atoms with Crippen LogP contribution in [0.2, 0.25) is 0 Å². The van der Waals surface area contributed by atoms with Crippen LogP contribution in [0, 0.1) is 23.7 Å². The second-order valence-electron chi connectivity index (χ2n) is 5.71. The van der Waals surface area contributed by atoms with E-state index in [1.807, 2.05) is 0 Å². The summed E-state index contributed by atoms with van der Waals surface area (Å²) in [6.07, 6.45) is 6.93. The lowest BCUT2D eigenvalue weighted by molar-refractivity contribution is 0.231. The second kappa shape index (κ2) is 8.19. The molecule has 0 radical (unpaired) electrons. The summed E-state index contributed by atoms with van der Waals surface area (Å²) in [4.78, 5) is 0. The third kappa shape index (κ3) is 6.22. The van der Waals surface area contributed by atoms with Crippen LogP contribution in [0.3, 0.4) is 0 Å². The van der Waals surface area contributed by atoms with Crippen molar-refractivity contribution in [3.63, 3.8) is 0 Å². The molecule has 0 amide bonds. The molecular weight excluding hydrogens is 180 g/mol. The quantitative estimate of drug-likeness (QED) is 0.497. The lowest BCUT2D eigenvalue weighted by Crippen LogP contribution is -2.18. The third-order valence-corrected chi connectivity index (χ3v) is 4.26. The molecule has 0 saturated carbocycles. The average molecular weight is 212 g/mol. The van der Waals surface area contributed by atoms with E-state index >= 15 is 0 Å². The van der Waals surface area contributed by atoms with Gasteiger partial charge in [-0.1, -0.05) is 67.2 Å². The van der Waals surface area contributed by atoms with Gasteiger partial charge in [-0.05, 0) is 30.1 Å². The molecule has 0 heterocycles.